The first-order valence-electron chi connectivity index (χ1n) is 15.1. The predicted molar refractivity (Wildman–Crippen MR) is 140 cm³/mol. The minimum atomic E-state index is -0.642. The first-order valence-corrected chi connectivity index (χ1v) is 15.1. The van der Waals surface area contributed by atoms with E-state index in [2.05, 4.69) is 45.9 Å². The molecule has 8 aliphatic rings. The van der Waals surface area contributed by atoms with E-state index in [1.165, 1.54) is 93.7 Å². The Hall–Kier alpha value is -0.820. The van der Waals surface area contributed by atoms with Gasteiger partial charge in [0, 0.05) is 10.8 Å². The molecule has 8 bridgehead atoms. The van der Waals surface area contributed by atoms with Crippen LogP contribution in [0.5, 0.6) is 0 Å². The summed E-state index contributed by atoms with van der Waals surface area (Å²) in [6.45, 7) is 9.41. The van der Waals surface area contributed by atoms with Crippen molar-refractivity contribution in [1.82, 2.24) is 0 Å². The van der Waals surface area contributed by atoms with Crippen LogP contribution in [0, 0.1) is 46.3 Å². The molecule has 0 amide bonds. The molecule has 1 aromatic rings. The summed E-state index contributed by atoms with van der Waals surface area (Å²) < 4.78 is 0. The van der Waals surface area contributed by atoms with Crippen LogP contribution in [0.3, 0.4) is 0 Å². The van der Waals surface area contributed by atoms with Gasteiger partial charge >= 0.3 is 0 Å². The molecule has 186 valence electrons. The van der Waals surface area contributed by atoms with E-state index in [4.69, 9.17) is 0 Å². The van der Waals surface area contributed by atoms with E-state index in [0.29, 0.717) is 11.8 Å². The van der Waals surface area contributed by atoms with Crippen LogP contribution in [0.2, 0.25) is 0 Å². The molecule has 0 unspecified atom stereocenters. The van der Waals surface area contributed by atoms with Crippen LogP contribution >= 0.6 is 0 Å². The Morgan fingerprint density at radius 3 is 1.35 bits per heavy atom. The van der Waals surface area contributed by atoms with Crippen LogP contribution in [0.1, 0.15) is 133 Å². The second kappa shape index (κ2) is 7.36. The quantitative estimate of drug-likeness (QED) is 0.466. The van der Waals surface area contributed by atoms with Crippen LogP contribution in [-0.2, 0) is 5.60 Å². The Kier molecular flexibility index (Phi) is 4.85. The molecule has 0 aliphatic heterocycles. The molecule has 0 aromatic heterocycles. The van der Waals surface area contributed by atoms with Crippen LogP contribution in [0.15, 0.2) is 18.2 Å². The number of rotatable bonds is 5. The van der Waals surface area contributed by atoms with Gasteiger partial charge in [0.15, 0.2) is 0 Å². The number of hydrogen-bond acceptors (Lipinski definition) is 1. The molecule has 0 spiro atoms. The fourth-order valence-electron chi connectivity index (χ4n) is 12.0. The number of hydrogen-bond donors (Lipinski definition) is 1. The summed E-state index contributed by atoms with van der Waals surface area (Å²) in [5.74, 6) is 6.24. The Labute approximate surface area is 208 Å². The highest BCUT2D eigenvalue weighted by Gasteiger charge is 2.70. The molecular formula is C33H48O. The molecule has 0 atom stereocenters. The predicted octanol–water partition coefficient (Wildman–Crippen LogP) is 8.55. The Balaban J connectivity index is 1.47. The van der Waals surface area contributed by atoms with Crippen molar-refractivity contribution in [3.8, 4) is 0 Å². The first-order chi connectivity index (χ1) is 16.2. The van der Waals surface area contributed by atoms with Crippen molar-refractivity contribution in [1.29, 1.82) is 0 Å². The zero-order chi connectivity index (χ0) is 23.5. The maximum absolute atomic E-state index is 13.9. The minimum absolute atomic E-state index is 0.118. The van der Waals surface area contributed by atoms with Crippen molar-refractivity contribution in [3.05, 3.63) is 34.9 Å². The van der Waals surface area contributed by atoms with Gasteiger partial charge in [0.1, 0.15) is 5.60 Å². The van der Waals surface area contributed by atoms with E-state index in [9.17, 15) is 5.11 Å². The van der Waals surface area contributed by atoms with Gasteiger partial charge in [-0.2, -0.15) is 0 Å². The summed E-state index contributed by atoms with van der Waals surface area (Å²) >= 11 is 0. The van der Waals surface area contributed by atoms with Crippen molar-refractivity contribution in [2.75, 3.05) is 0 Å². The average molecular weight is 461 g/mol. The first kappa shape index (κ1) is 22.4. The smallest absolute Gasteiger partial charge is 0.101 e. The van der Waals surface area contributed by atoms with Crippen molar-refractivity contribution in [2.45, 2.75) is 122 Å². The third-order valence-corrected chi connectivity index (χ3v) is 12.4. The molecule has 1 aromatic carbocycles. The van der Waals surface area contributed by atoms with Crippen molar-refractivity contribution >= 4 is 0 Å². The van der Waals surface area contributed by atoms with Crippen molar-refractivity contribution < 1.29 is 5.11 Å². The van der Waals surface area contributed by atoms with Gasteiger partial charge < -0.3 is 5.11 Å². The second-order valence-electron chi connectivity index (χ2n) is 15.3. The van der Waals surface area contributed by atoms with Gasteiger partial charge in [0.2, 0.25) is 0 Å². The molecule has 1 N–H and O–H groups in total. The Bertz CT molecular complexity index is 852. The molecule has 8 aliphatic carbocycles. The third kappa shape index (κ3) is 2.95. The van der Waals surface area contributed by atoms with Crippen LogP contribution < -0.4 is 0 Å². The summed E-state index contributed by atoms with van der Waals surface area (Å²) in [4.78, 5) is 0. The molecule has 34 heavy (non-hydrogen) atoms. The van der Waals surface area contributed by atoms with Gasteiger partial charge in [0.25, 0.3) is 0 Å². The van der Waals surface area contributed by atoms with Gasteiger partial charge in [-0.05, 0) is 141 Å². The van der Waals surface area contributed by atoms with E-state index >= 15 is 0 Å². The van der Waals surface area contributed by atoms with Gasteiger partial charge in [-0.1, -0.05) is 45.9 Å². The maximum atomic E-state index is 13.9. The number of aliphatic hydroxyl groups is 1. The lowest BCUT2D eigenvalue weighted by atomic mass is 9.35. The van der Waals surface area contributed by atoms with Crippen molar-refractivity contribution in [2.24, 2.45) is 46.3 Å². The van der Waals surface area contributed by atoms with E-state index in [1.54, 1.807) is 0 Å². The Morgan fingerprint density at radius 2 is 1.03 bits per heavy atom. The standard InChI is InChI=1S/C33H48O/c1-20(2)28-5-6-29(21(3)4)30(13-28)33(34,31-14-22-7-23(15-31)9-24(8-22)16-31)32-17-25-10-26(18-32)12-27(11-25)19-32/h5-6,13,20-27,34H,7-12,14-19H2,1-4H3. The highest BCUT2D eigenvalue weighted by Crippen LogP contribution is 2.75. The van der Waals surface area contributed by atoms with E-state index in [0.717, 1.165) is 35.5 Å². The number of benzene rings is 1. The zero-order valence-corrected chi connectivity index (χ0v) is 22.3. The van der Waals surface area contributed by atoms with Gasteiger partial charge in [-0.15, -0.1) is 0 Å². The lowest BCUT2D eigenvalue weighted by Gasteiger charge is -2.71. The normalized spacial score (nSPS) is 46.0. The molecule has 9 rings (SSSR count). The summed E-state index contributed by atoms with van der Waals surface area (Å²) in [6.07, 6.45) is 16.6. The fourth-order valence-corrected chi connectivity index (χ4v) is 12.0. The maximum Gasteiger partial charge on any atom is 0.101 e. The third-order valence-electron chi connectivity index (χ3n) is 12.4. The van der Waals surface area contributed by atoms with Crippen LogP contribution in [-0.4, -0.2) is 5.11 Å². The van der Waals surface area contributed by atoms with Gasteiger partial charge in [-0.25, -0.2) is 0 Å². The summed E-state index contributed by atoms with van der Waals surface area (Å²) in [5.41, 5.74) is 3.89. The van der Waals surface area contributed by atoms with E-state index in [-0.39, 0.29) is 10.8 Å². The average Bonchev–Trinajstić information content (AvgIpc) is 2.76. The highest BCUT2D eigenvalue weighted by atomic mass is 16.3. The molecule has 1 heteroatoms. The highest BCUT2D eigenvalue weighted by molar-refractivity contribution is 5.44. The second-order valence-corrected chi connectivity index (χ2v) is 15.3. The van der Waals surface area contributed by atoms with Crippen LogP contribution in [0.25, 0.3) is 0 Å². The molecule has 0 saturated heterocycles. The summed E-state index contributed by atoms with van der Waals surface area (Å²) in [7, 11) is 0. The summed E-state index contributed by atoms with van der Waals surface area (Å²) in [5, 5.41) is 13.9. The molecule has 0 radical (unpaired) electrons. The molecule has 8 saturated carbocycles. The molecular weight excluding hydrogens is 412 g/mol. The monoisotopic (exact) mass is 460 g/mol. The lowest BCUT2D eigenvalue weighted by molar-refractivity contribution is -0.278. The van der Waals surface area contributed by atoms with Crippen molar-refractivity contribution in [3.63, 3.8) is 0 Å². The SMILES string of the molecule is CC(C)c1ccc(C(C)C)c(C(O)(C23CC4CC(CC(C4)C2)C3)C23CC4CC(CC(C4)C2)C3)c1. The summed E-state index contributed by atoms with van der Waals surface area (Å²) in [6, 6.07) is 7.35. The molecule has 8 fully saturated rings. The molecule has 1 nitrogen and oxygen atoms in total. The van der Waals surface area contributed by atoms with E-state index < -0.39 is 5.60 Å². The van der Waals surface area contributed by atoms with Gasteiger partial charge in [-0.3, -0.25) is 0 Å². The Morgan fingerprint density at radius 1 is 0.647 bits per heavy atom. The largest absolute Gasteiger partial charge is 0.384 e. The minimum Gasteiger partial charge on any atom is -0.384 e. The topological polar surface area (TPSA) is 20.2 Å². The lowest BCUT2D eigenvalue weighted by Crippen LogP contribution is -2.67. The van der Waals surface area contributed by atoms with E-state index in [1.807, 2.05) is 0 Å². The van der Waals surface area contributed by atoms with Crippen LogP contribution in [0.4, 0.5) is 0 Å². The molecule has 0 heterocycles. The van der Waals surface area contributed by atoms with Gasteiger partial charge in [0.05, 0.1) is 0 Å². The zero-order valence-electron chi connectivity index (χ0n) is 22.3. The fraction of sp³-hybridized carbons (Fsp3) is 0.818.